The maximum absolute atomic E-state index is 12.5. The number of amides is 1. The Balaban J connectivity index is 1.67. The average molecular weight is 299 g/mol. The van der Waals surface area contributed by atoms with Gasteiger partial charge in [0.1, 0.15) is 5.75 Å². The van der Waals surface area contributed by atoms with Crippen LogP contribution < -0.4 is 4.74 Å². The molecule has 1 amide bonds. The first-order valence-corrected chi connectivity index (χ1v) is 7.75. The van der Waals surface area contributed by atoms with Crippen molar-refractivity contribution in [1.82, 2.24) is 4.90 Å². The molecule has 4 nitrogen and oxygen atoms in total. The zero-order valence-corrected chi connectivity index (χ0v) is 13.0. The van der Waals surface area contributed by atoms with Crippen molar-refractivity contribution in [2.75, 3.05) is 13.1 Å². The number of hydrogen-bond donors (Lipinski definition) is 0. The normalized spacial score (nSPS) is 21.6. The summed E-state index contributed by atoms with van der Waals surface area (Å²) in [6.45, 7) is 6.01. The summed E-state index contributed by atoms with van der Waals surface area (Å²) >= 11 is 0. The van der Waals surface area contributed by atoms with Gasteiger partial charge < -0.3 is 14.1 Å². The number of rotatable bonds is 3. The Bertz CT molecular complexity index is 635. The summed E-state index contributed by atoms with van der Waals surface area (Å²) in [5.74, 6) is 2.50. The van der Waals surface area contributed by atoms with E-state index < -0.39 is 0 Å². The molecule has 0 N–H and O–H groups in total. The van der Waals surface area contributed by atoms with E-state index in [0.717, 1.165) is 19.5 Å². The number of piperidine rings is 1. The number of nitrogens with zero attached hydrogens (tertiary/aromatic N) is 1. The van der Waals surface area contributed by atoms with Gasteiger partial charge in [0, 0.05) is 19.2 Å². The summed E-state index contributed by atoms with van der Waals surface area (Å²) in [5.41, 5.74) is 0. The van der Waals surface area contributed by atoms with Crippen molar-refractivity contribution in [2.24, 2.45) is 11.8 Å². The molecule has 2 unspecified atom stereocenters. The molecular formula is C18H21NO3. The highest BCUT2D eigenvalue weighted by atomic mass is 16.6. The molecule has 2 heterocycles. The quantitative estimate of drug-likeness (QED) is 0.853. The topological polar surface area (TPSA) is 42.7 Å². The second-order valence-electron chi connectivity index (χ2n) is 6.03. The highest BCUT2D eigenvalue weighted by Gasteiger charge is 2.28. The molecule has 0 saturated carbocycles. The number of likely N-dealkylation sites (tertiary alicyclic amines) is 1. The standard InChI is InChI=1S/C18H21NO3/c1-13-10-11-19(12-14(13)2)18(20)16-8-9-17(22-16)21-15-6-4-3-5-7-15/h3-9,13-14H,10-12H2,1-2H3. The van der Waals surface area contributed by atoms with Crippen LogP contribution in [0.2, 0.25) is 0 Å². The Morgan fingerprint density at radius 2 is 1.91 bits per heavy atom. The molecule has 1 aliphatic rings. The van der Waals surface area contributed by atoms with Crippen molar-refractivity contribution >= 4 is 5.91 Å². The van der Waals surface area contributed by atoms with Gasteiger partial charge >= 0.3 is 0 Å². The Morgan fingerprint density at radius 3 is 2.64 bits per heavy atom. The Morgan fingerprint density at radius 1 is 1.14 bits per heavy atom. The van der Waals surface area contributed by atoms with Crippen LogP contribution in [0.5, 0.6) is 11.7 Å². The summed E-state index contributed by atoms with van der Waals surface area (Å²) in [5, 5.41) is 0. The molecule has 2 atom stereocenters. The molecule has 3 rings (SSSR count). The Kier molecular flexibility index (Phi) is 4.18. The fraction of sp³-hybridized carbons (Fsp3) is 0.389. The number of benzene rings is 1. The fourth-order valence-electron chi connectivity index (χ4n) is 2.70. The highest BCUT2D eigenvalue weighted by molar-refractivity contribution is 5.91. The van der Waals surface area contributed by atoms with Gasteiger partial charge in [0.25, 0.3) is 11.9 Å². The maximum atomic E-state index is 12.5. The number of para-hydroxylation sites is 1. The third-order valence-electron chi connectivity index (χ3n) is 4.38. The first-order valence-electron chi connectivity index (χ1n) is 7.75. The average Bonchev–Trinajstić information content (AvgIpc) is 2.99. The monoisotopic (exact) mass is 299 g/mol. The molecular weight excluding hydrogens is 278 g/mol. The lowest BCUT2D eigenvalue weighted by Gasteiger charge is -2.34. The van der Waals surface area contributed by atoms with Crippen molar-refractivity contribution in [2.45, 2.75) is 20.3 Å². The third-order valence-corrected chi connectivity index (χ3v) is 4.38. The second kappa shape index (κ2) is 6.26. The molecule has 0 radical (unpaired) electrons. The number of ether oxygens (including phenoxy) is 1. The fourth-order valence-corrected chi connectivity index (χ4v) is 2.70. The lowest BCUT2D eigenvalue weighted by Crippen LogP contribution is -2.42. The lowest BCUT2D eigenvalue weighted by atomic mass is 9.88. The van der Waals surface area contributed by atoms with Crippen molar-refractivity contribution in [3.05, 3.63) is 48.2 Å². The molecule has 2 aromatic rings. The molecule has 0 spiro atoms. The van der Waals surface area contributed by atoms with E-state index in [1.54, 1.807) is 12.1 Å². The maximum Gasteiger partial charge on any atom is 0.290 e. The molecule has 1 aromatic carbocycles. The molecule has 0 bridgehead atoms. The minimum atomic E-state index is -0.0540. The first-order chi connectivity index (χ1) is 10.6. The van der Waals surface area contributed by atoms with E-state index in [4.69, 9.17) is 9.15 Å². The SMILES string of the molecule is CC1CCN(C(=O)c2ccc(Oc3ccccc3)o2)CC1C. The smallest absolute Gasteiger partial charge is 0.290 e. The highest BCUT2D eigenvalue weighted by Crippen LogP contribution is 2.27. The molecule has 1 saturated heterocycles. The largest absolute Gasteiger partial charge is 0.426 e. The predicted octanol–water partition coefficient (Wildman–Crippen LogP) is 4.19. The van der Waals surface area contributed by atoms with Crippen LogP contribution in [0.25, 0.3) is 0 Å². The lowest BCUT2D eigenvalue weighted by molar-refractivity contribution is 0.0591. The molecule has 1 aromatic heterocycles. The van der Waals surface area contributed by atoms with Crippen LogP contribution in [0.15, 0.2) is 46.9 Å². The van der Waals surface area contributed by atoms with Gasteiger partial charge in [-0.1, -0.05) is 32.0 Å². The summed E-state index contributed by atoms with van der Waals surface area (Å²) in [4.78, 5) is 14.4. The molecule has 1 fully saturated rings. The zero-order valence-electron chi connectivity index (χ0n) is 13.0. The van der Waals surface area contributed by atoms with Crippen LogP contribution in [0, 0.1) is 11.8 Å². The van der Waals surface area contributed by atoms with E-state index in [-0.39, 0.29) is 5.91 Å². The van der Waals surface area contributed by atoms with Crippen LogP contribution >= 0.6 is 0 Å². The molecule has 116 valence electrons. The molecule has 0 aliphatic carbocycles. The van der Waals surface area contributed by atoms with Gasteiger partial charge in [-0.05, 0) is 36.5 Å². The van der Waals surface area contributed by atoms with E-state index >= 15 is 0 Å². The van der Waals surface area contributed by atoms with Crippen LogP contribution in [-0.4, -0.2) is 23.9 Å². The first kappa shape index (κ1) is 14.7. The van der Waals surface area contributed by atoms with Gasteiger partial charge in [-0.25, -0.2) is 0 Å². The van der Waals surface area contributed by atoms with Gasteiger partial charge in [0.05, 0.1) is 0 Å². The van der Waals surface area contributed by atoms with E-state index in [1.165, 1.54) is 0 Å². The van der Waals surface area contributed by atoms with Gasteiger partial charge in [-0.15, -0.1) is 0 Å². The second-order valence-corrected chi connectivity index (χ2v) is 6.03. The summed E-state index contributed by atoms with van der Waals surface area (Å²) < 4.78 is 11.1. The minimum Gasteiger partial charge on any atom is -0.426 e. The Hall–Kier alpha value is -2.23. The minimum absolute atomic E-state index is 0.0540. The van der Waals surface area contributed by atoms with Crippen LogP contribution in [0.1, 0.15) is 30.8 Å². The molecule has 22 heavy (non-hydrogen) atoms. The zero-order chi connectivity index (χ0) is 15.5. The van der Waals surface area contributed by atoms with E-state index in [1.807, 2.05) is 35.2 Å². The predicted molar refractivity (Wildman–Crippen MR) is 84.1 cm³/mol. The van der Waals surface area contributed by atoms with Gasteiger partial charge in [-0.2, -0.15) is 0 Å². The van der Waals surface area contributed by atoms with Gasteiger partial charge in [0.15, 0.2) is 5.76 Å². The Labute approximate surface area is 130 Å². The number of carbonyl (C=O) groups excluding carboxylic acids is 1. The van der Waals surface area contributed by atoms with Crippen LogP contribution in [0.3, 0.4) is 0 Å². The number of carbonyl (C=O) groups is 1. The van der Waals surface area contributed by atoms with Gasteiger partial charge in [-0.3, -0.25) is 4.79 Å². The van der Waals surface area contributed by atoms with Crippen molar-refractivity contribution in [1.29, 1.82) is 0 Å². The van der Waals surface area contributed by atoms with E-state index in [0.29, 0.717) is 29.3 Å². The molecule has 1 aliphatic heterocycles. The van der Waals surface area contributed by atoms with Crippen molar-refractivity contribution < 1.29 is 13.9 Å². The number of hydrogen-bond acceptors (Lipinski definition) is 3. The molecule has 4 heteroatoms. The van der Waals surface area contributed by atoms with Crippen LogP contribution in [0.4, 0.5) is 0 Å². The van der Waals surface area contributed by atoms with E-state index in [2.05, 4.69) is 13.8 Å². The summed E-state index contributed by atoms with van der Waals surface area (Å²) in [6, 6.07) is 12.8. The van der Waals surface area contributed by atoms with Crippen molar-refractivity contribution in [3.63, 3.8) is 0 Å². The summed E-state index contributed by atoms with van der Waals surface area (Å²) in [6.07, 6.45) is 1.04. The van der Waals surface area contributed by atoms with Gasteiger partial charge in [0.2, 0.25) is 0 Å². The van der Waals surface area contributed by atoms with E-state index in [9.17, 15) is 4.79 Å². The van der Waals surface area contributed by atoms with Crippen molar-refractivity contribution in [3.8, 4) is 11.7 Å². The number of furan rings is 1. The summed E-state index contributed by atoms with van der Waals surface area (Å²) in [7, 11) is 0. The third kappa shape index (κ3) is 3.16. The van der Waals surface area contributed by atoms with Crippen LogP contribution in [-0.2, 0) is 0 Å².